The summed E-state index contributed by atoms with van der Waals surface area (Å²) in [4.78, 5) is 34.2. The lowest BCUT2D eigenvalue weighted by Gasteiger charge is -2.19. The number of rotatable bonds is 5. The first-order chi connectivity index (χ1) is 8.41. The number of ether oxygens (including phenoxy) is 2. The molecule has 0 aromatic carbocycles. The molecule has 0 aliphatic rings. The molecule has 0 aromatic heterocycles. The van der Waals surface area contributed by atoms with Gasteiger partial charge in [0.05, 0.1) is 0 Å². The van der Waals surface area contributed by atoms with Crippen LogP contribution in [0.1, 0.15) is 60.8 Å². The summed E-state index contributed by atoms with van der Waals surface area (Å²) in [6, 6.07) is 0. The molecular weight excluding hydrogens is 248 g/mol. The summed E-state index contributed by atoms with van der Waals surface area (Å²) in [7, 11) is 0. The number of carbonyl (C=O) groups is 3. The standard InChI is InChI=1S/C14H24O5/c1-13(2,3)18-11(16)9-7-8-10(15)12(17)19-14(4,5)6/h7-9H2,1-6H3. The first kappa shape index (κ1) is 17.6. The quantitative estimate of drug-likeness (QED) is 0.568. The van der Waals surface area contributed by atoms with Crippen LogP contribution in [0.2, 0.25) is 0 Å². The Kier molecular flexibility index (Phi) is 6.19. The minimum atomic E-state index is -0.850. The molecular formula is C14H24O5. The van der Waals surface area contributed by atoms with Crippen LogP contribution in [0.25, 0.3) is 0 Å². The van der Waals surface area contributed by atoms with Gasteiger partial charge in [-0.3, -0.25) is 9.59 Å². The molecule has 0 atom stereocenters. The Morgan fingerprint density at radius 3 is 1.68 bits per heavy atom. The number of esters is 2. The first-order valence-electron chi connectivity index (χ1n) is 6.39. The lowest BCUT2D eigenvalue weighted by molar-refractivity contribution is -0.163. The number of hydrogen-bond donors (Lipinski definition) is 0. The molecule has 0 aromatic rings. The van der Waals surface area contributed by atoms with Gasteiger partial charge in [0, 0.05) is 12.8 Å². The van der Waals surface area contributed by atoms with Crippen LogP contribution in [0.5, 0.6) is 0 Å². The van der Waals surface area contributed by atoms with E-state index in [2.05, 4.69) is 0 Å². The van der Waals surface area contributed by atoms with E-state index >= 15 is 0 Å². The van der Waals surface area contributed by atoms with Gasteiger partial charge < -0.3 is 9.47 Å². The fraction of sp³-hybridized carbons (Fsp3) is 0.786. The molecule has 0 amide bonds. The monoisotopic (exact) mass is 272 g/mol. The van der Waals surface area contributed by atoms with E-state index in [9.17, 15) is 14.4 Å². The fourth-order valence-corrected chi connectivity index (χ4v) is 1.22. The summed E-state index contributed by atoms with van der Waals surface area (Å²) in [6.45, 7) is 10.4. The van der Waals surface area contributed by atoms with Crippen LogP contribution in [0, 0.1) is 0 Å². The number of Topliss-reactive ketones (excluding diaryl/α,β-unsaturated/α-hetero) is 1. The van der Waals surface area contributed by atoms with Crippen LogP contribution in [0.3, 0.4) is 0 Å². The summed E-state index contributed by atoms with van der Waals surface area (Å²) in [5, 5.41) is 0. The topological polar surface area (TPSA) is 69.7 Å². The lowest BCUT2D eigenvalue weighted by Crippen LogP contribution is -2.29. The molecule has 0 bridgehead atoms. The number of carbonyl (C=O) groups excluding carboxylic acids is 3. The summed E-state index contributed by atoms with van der Waals surface area (Å²) in [5.41, 5.74) is -1.22. The van der Waals surface area contributed by atoms with Crippen molar-refractivity contribution in [2.45, 2.75) is 72.0 Å². The second kappa shape index (κ2) is 6.68. The van der Waals surface area contributed by atoms with Crippen LogP contribution < -0.4 is 0 Å². The summed E-state index contributed by atoms with van der Waals surface area (Å²) < 4.78 is 10.0. The molecule has 0 saturated heterocycles. The minimum Gasteiger partial charge on any atom is -0.460 e. The van der Waals surface area contributed by atoms with E-state index in [1.54, 1.807) is 41.5 Å². The van der Waals surface area contributed by atoms with E-state index in [-0.39, 0.29) is 25.2 Å². The van der Waals surface area contributed by atoms with Gasteiger partial charge in [0.2, 0.25) is 5.78 Å². The molecule has 0 unspecified atom stereocenters. The molecule has 0 rings (SSSR count). The van der Waals surface area contributed by atoms with Crippen LogP contribution in [-0.4, -0.2) is 28.9 Å². The van der Waals surface area contributed by atoms with E-state index in [4.69, 9.17) is 9.47 Å². The van der Waals surface area contributed by atoms with Crippen LogP contribution >= 0.6 is 0 Å². The SMILES string of the molecule is CC(C)(C)OC(=O)CCCC(=O)C(=O)OC(C)(C)C. The van der Waals surface area contributed by atoms with Crippen LogP contribution in [0.4, 0.5) is 0 Å². The van der Waals surface area contributed by atoms with Gasteiger partial charge in [0.15, 0.2) is 0 Å². The highest BCUT2D eigenvalue weighted by Gasteiger charge is 2.23. The van der Waals surface area contributed by atoms with Gasteiger partial charge in [0.1, 0.15) is 11.2 Å². The van der Waals surface area contributed by atoms with Crippen molar-refractivity contribution < 1.29 is 23.9 Å². The summed E-state index contributed by atoms with van der Waals surface area (Å²) >= 11 is 0. The van der Waals surface area contributed by atoms with E-state index in [0.717, 1.165) is 0 Å². The zero-order valence-corrected chi connectivity index (χ0v) is 12.7. The van der Waals surface area contributed by atoms with Crippen molar-refractivity contribution in [2.24, 2.45) is 0 Å². The van der Waals surface area contributed by atoms with Gasteiger partial charge in [-0.15, -0.1) is 0 Å². The van der Waals surface area contributed by atoms with Crippen molar-refractivity contribution in [1.82, 2.24) is 0 Å². The molecule has 0 aliphatic heterocycles. The van der Waals surface area contributed by atoms with E-state index in [1.807, 2.05) is 0 Å². The molecule has 110 valence electrons. The highest BCUT2D eigenvalue weighted by atomic mass is 16.6. The van der Waals surface area contributed by atoms with Gasteiger partial charge in [-0.05, 0) is 48.0 Å². The Labute approximate surface area is 114 Å². The predicted molar refractivity (Wildman–Crippen MR) is 70.5 cm³/mol. The predicted octanol–water partition coefficient (Wildman–Crippen LogP) is 2.41. The maximum absolute atomic E-state index is 11.5. The number of ketones is 1. The molecule has 19 heavy (non-hydrogen) atoms. The average Bonchev–Trinajstić information content (AvgIpc) is 2.11. The van der Waals surface area contributed by atoms with Crippen molar-refractivity contribution in [2.75, 3.05) is 0 Å². The Morgan fingerprint density at radius 1 is 0.789 bits per heavy atom. The molecule has 0 N–H and O–H groups in total. The molecule has 0 spiro atoms. The van der Waals surface area contributed by atoms with E-state index in [0.29, 0.717) is 0 Å². The fourth-order valence-electron chi connectivity index (χ4n) is 1.22. The highest BCUT2D eigenvalue weighted by Crippen LogP contribution is 2.11. The summed E-state index contributed by atoms with van der Waals surface area (Å²) in [6.07, 6.45) is 0.396. The molecule has 0 aliphatic carbocycles. The highest BCUT2D eigenvalue weighted by molar-refractivity contribution is 6.33. The second-order valence-electron chi connectivity index (χ2n) is 6.37. The van der Waals surface area contributed by atoms with Gasteiger partial charge in [-0.1, -0.05) is 0 Å². The van der Waals surface area contributed by atoms with Crippen molar-refractivity contribution in [3.8, 4) is 0 Å². The van der Waals surface area contributed by atoms with Crippen molar-refractivity contribution in [1.29, 1.82) is 0 Å². The van der Waals surface area contributed by atoms with Crippen molar-refractivity contribution in [3.05, 3.63) is 0 Å². The van der Waals surface area contributed by atoms with Gasteiger partial charge >= 0.3 is 11.9 Å². The van der Waals surface area contributed by atoms with Gasteiger partial charge in [-0.2, -0.15) is 0 Å². The molecule has 0 radical (unpaired) electrons. The van der Waals surface area contributed by atoms with E-state index < -0.39 is 23.0 Å². The Morgan fingerprint density at radius 2 is 1.26 bits per heavy atom. The van der Waals surface area contributed by atoms with Crippen LogP contribution in [-0.2, 0) is 23.9 Å². The average molecular weight is 272 g/mol. The van der Waals surface area contributed by atoms with Crippen molar-refractivity contribution >= 4 is 17.7 Å². The third kappa shape index (κ3) is 10.2. The molecule has 5 nitrogen and oxygen atoms in total. The molecule has 5 heteroatoms. The third-order valence-corrected chi connectivity index (χ3v) is 1.83. The minimum absolute atomic E-state index is 0.00580. The Bertz CT molecular complexity index is 344. The van der Waals surface area contributed by atoms with E-state index in [1.165, 1.54) is 0 Å². The smallest absolute Gasteiger partial charge is 0.375 e. The number of hydrogen-bond acceptors (Lipinski definition) is 5. The molecule has 0 heterocycles. The second-order valence-corrected chi connectivity index (χ2v) is 6.37. The van der Waals surface area contributed by atoms with Gasteiger partial charge in [-0.25, -0.2) is 4.79 Å². The largest absolute Gasteiger partial charge is 0.460 e. The normalized spacial score (nSPS) is 11.9. The third-order valence-electron chi connectivity index (χ3n) is 1.83. The Balaban J connectivity index is 3.99. The zero-order valence-electron chi connectivity index (χ0n) is 12.7. The zero-order chi connectivity index (χ0) is 15.3. The lowest BCUT2D eigenvalue weighted by atomic mass is 10.1. The summed E-state index contributed by atoms with van der Waals surface area (Å²) in [5.74, 6) is -1.83. The Hall–Kier alpha value is -1.39. The molecule has 0 fully saturated rings. The maximum Gasteiger partial charge on any atom is 0.375 e. The first-order valence-corrected chi connectivity index (χ1v) is 6.39. The van der Waals surface area contributed by atoms with Crippen LogP contribution in [0.15, 0.2) is 0 Å². The maximum atomic E-state index is 11.5. The molecule has 0 saturated carbocycles. The van der Waals surface area contributed by atoms with Gasteiger partial charge in [0.25, 0.3) is 0 Å². The van der Waals surface area contributed by atoms with Crippen molar-refractivity contribution in [3.63, 3.8) is 0 Å².